The first-order chi connectivity index (χ1) is 10.0. The highest BCUT2D eigenvalue weighted by atomic mass is 79.9. The first-order valence-corrected chi connectivity index (χ1v) is 8.85. The average Bonchev–Trinajstić information content (AvgIpc) is 3.13. The van der Waals surface area contributed by atoms with Gasteiger partial charge in [0.1, 0.15) is 4.90 Å². The lowest BCUT2D eigenvalue weighted by Gasteiger charge is -2.10. The zero-order chi connectivity index (χ0) is 14.9. The van der Waals surface area contributed by atoms with E-state index in [2.05, 4.69) is 36.2 Å². The number of nitrogens with zero attached hydrogens (tertiary/aromatic N) is 1. The summed E-state index contributed by atoms with van der Waals surface area (Å²) in [7, 11) is -3.63. The Bertz CT molecular complexity index is 727. The van der Waals surface area contributed by atoms with Crippen molar-refractivity contribution in [3.63, 3.8) is 0 Å². The predicted octanol–water partition coefficient (Wildman–Crippen LogP) is 2.22. The van der Waals surface area contributed by atoms with Gasteiger partial charge in [0.15, 0.2) is 0 Å². The first kappa shape index (κ1) is 14.6. The number of aromatic amines is 1. The molecule has 0 amide bonds. The number of anilines is 1. The SMILES string of the molecule is O=S(=O)(Nc1cn[nH]c1)c1ccc(CNC2CC2)cc1Br. The standard InChI is InChI=1S/C13H15BrN4O2S/c14-12-5-9(6-15-10-2-3-10)1-4-13(12)21(19,20)18-11-7-16-17-8-11/h1,4-5,7-8,10,15,18H,2-3,6H2,(H,16,17). The molecule has 3 N–H and O–H groups in total. The van der Waals surface area contributed by atoms with Crippen molar-refractivity contribution in [2.75, 3.05) is 4.72 Å². The van der Waals surface area contributed by atoms with Crippen LogP contribution in [0.25, 0.3) is 0 Å². The highest BCUT2D eigenvalue weighted by Crippen LogP contribution is 2.26. The number of sulfonamides is 1. The number of aromatic nitrogens is 2. The van der Waals surface area contributed by atoms with Gasteiger partial charge in [0.25, 0.3) is 10.0 Å². The van der Waals surface area contributed by atoms with Gasteiger partial charge in [-0.15, -0.1) is 0 Å². The second kappa shape index (κ2) is 5.78. The molecule has 1 aliphatic rings. The number of benzene rings is 1. The molecule has 1 heterocycles. The van der Waals surface area contributed by atoms with Gasteiger partial charge in [-0.05, 0) is 46.5 Å². The average molecular weight is 371 g/mol. The van der Waals surface area contributed by atoms with E-state index < -0.39 is 10.0 Å². The Balaban J connectivity index is 1.77. The van der Waals surface area contributed by atoms with E-state index in [0.717, 1.165) is 12.1 Å². The van der Waals surface area contributed by atoms with Crippen LogP contribution in [0.4, 0.5) is 5.69 Å². The van der Waals surface area contributed by atoms with Crippen molar-refractivity contribution in [1.82, 2.24) is 15.5 Å². The van der Waals surface area contributed by atoms with E-state index in [-0.39, 0.29) is 4.90 Å². The zero-order valence-corrected chi connectivity index (χ0v) is 13.5. The van der Waals surface area contributed by atoms with E-state index in [1.807, 2.05) is 12.1 Å². The lowest BCUT2D eigenvalue weighted by Crippen LogP contribution is -2.16. The molecule has 6 nitrogen and oxygen atoms in total. The van der Waals surface area contributed by atoms with E-state index in [1.165, 1.54) is 25.2 Å². The van der Waals surface area contributed by atoms with Crippen molar-refractivity contribution >= 4 is 31.6 Å². The molecule has 2 aromatic rings. The summed E-state index contributed by atoms with van der Waals surface area (Å²) < 4.78 is 27.6. The van der Waals surface area contributed by atoms with Crippen LogP contribution in [0.2, 0.25) is 0 Å². The van der Waals surface area contributed by atoms with Crippen molar-refractivity contribution in [3.05, 3.63) is 40.6 Å². The van der Waals surface area contributed by atoms with E-state index >= 15 is 0 Å². The number of halogens is 1. The maximum atomic E-state index is 12.3. The summed E-state index contributed by atoms with van der Waals surface area (Å²) >= 11 is 3.34. The minimum Gasteiger partial charge on any atom is -0.310 e. The van der Waals surface area contributed by atoms with Crippen LogP contribution >= 0.6 is 15.9 Å². The van der Waals surface area contributed by atoms with Crippen LogP contribution in [0, 0.1) is 0 Å². The smallest absolute Gasteiger partial charge is 0.263 e. The van der Waals surface area contributed by atoms with Gasteiger partial charge in [-0.2, -0.15) is 5.10 Å². The largest absolute Gasteiger partial charge is 0.310 e. The molecule has 0 unspecified atom stereocenters. The Kier molecular flexibility index (Phi) is 4.01. The Morgan fingerprint density at radius 2 is 2.19 bits per heavy atom. The molecule has 0 spiro atoms. The Morgan fingerprint density at radius 3 is 2.81 bits per heavy atom. The van der Waals surface area contributed by atoms with Gasteiger partial charge >= 0.3 is 0 Å². The summed E-state index contributed by atoms with van der Waals surface area (Å²) in [6, 6.07) is 5.88. The molecular weight excluding hydrogens is 356 g/mol. The van der Waals surface area contributed by atoms with Gasteiger partial charge < -0.3 is 5.32 Å². The van der Waals surface area contributed by atoms with Crippen molar-refractivity contribution in [1.29, 1.82) is 0 Å². The summed E-state index contributed by atoms with van der Waals surface area (Å²) in [5.41, 5.74) is 1.46. The molecular formula is C13H15BrN4O2S. The normalized spacial score (nSPS) is 15.1. The predicted molar refractivity (Wildman–Crippen MR) is 83.4 cm³/mol. The van der Waals surface area contributed by atoms with Crippen LogP contribution in [-0.2, 0) is 16.6 Å². The summed E-state index contributed by atoms with van der Waals surface area (Å²) in [6.07, 6.45) is 5.35. The van der Waals surface area contributed by atoms with Gasteiger partial charge in [0.05, 0.1) is 11.9 Å². The van der Waals surface area contributed by atoms with Crippen molar-refractivity contribution in [2.45, 2.75) is 30.3 Å². The number of nitrogens with one attached hydrogen (secondary N) is 3. The molecule has 0 aliphatic heterocycles. The molecule has 1 aromatic carbocycles. The van der Waals surface area contributed by atoms with Crippen LogP contribution in [0.15, 0.2) is 40.0 Å². The molecule has 1 aromatic heterocycles. The number of H-pyrrole nitrogens is 1. The van der Waals surface area contributed by atoms with Crippen LogP contribution in [-0.4, -0.2) is 24.7 Å². The van der Waals surface area contributed by atoms with Gasteiger partial charge in [0, 0.05) is 23.3 Å². The zero-order valence-electron chi connectivity index (χ0n) is 11.1. The lowest BCUT2D eigenvalue weighted by atomic mass is 10.2. The van der Waals surface area contributed by atoms with E-state index in [4.69, 9.17) is 0 Å². The summed E-state index contributed by atoms with van der Waals surface area (Å²) in [5, 5.41) is 9.67. The highest BCUT2D eigenvalue weighted by Gasteiger charge is 2.21. The van der Waals surface area contributed by atoms with Crippen molar-refractivity contribution in [2.24, 2.45) is 0 Å². The number of hydrogen-bond donors (Lipinski definition) is 3. The van der Waals surface area contributed by atoms with Gasteiger partial charge in [-0.3, -0.25) is 9.82 Å². The highest BCUT2D eigenvalue weighted by molar-refractivity contribution is 9.10. The molecule has 21 heavy (non-hydrogen) atoms. The van der Waals surface area contributed by atoms with E-state index in [9.17, 15) is 8.42 Å². The fourth-order valence-electron chi connectivity index (χ4n) is 1.94. The molecule has 1 aliphatic carbocycles. The minimum absolute atomic E-state index is 0.207. The van der Waals surface area contributed by atoms with E-state index in [1.54, 1.807) is 6.07 Å². The van der Waals surface area contributed by atoms with Crippen LogP contribution < -0.4 is 10.0 Å². The third kappa shape index (κ3) is 3.63. The molecule has 0 radical (unpaired) electrons. The van der Waals surface area contributed by atoms with Gasteiger partial charge in [-0.1, -0.05) is 6.07 Å². The van der Waals surface area contributed by atoms with Crippen molar-refractivity contribution in [3.8, 4) is 0 Å². The fraction of sp³-hybridized carbons (Fsp3) is 0.308. The second-order valence-electron chi connectivity index (χ2n) is 5.01. The summed E-state index contributed by atoms with van der Waals surface area (Å²) in [6.45, 7) is 0.749. The maximum absolute atomic E-state index is 12.3. The van der Waals surface area contributed by atoms with Crippen molar-refractivity contribution < 1.29 is 8.42 Å². The van der Waals surface area contributed by atoms with Crippen LogP contribution in [0.1, 0.15) is 18.4 Å². The third-order valence-corrected chi connectivity index (χ3v) is 5.57. The van der Waals surface area contributed by atoms with Gasteiger partial charge in [0.2, 0.25) is 0 Å². The monoisotopic (exact) mass is 370 g/mol. The molecule has 8 heteroatoms. The Labute approximate surface area is 131 Å². The number of hydrogen-bond acceptors (Lipinski definition) is 4. The summed E-state index contributed by atoms with van der Waals surface area (Å²) in [4.78, 5) is 0.207. The lowest BCUT2D eigenvalue weighted by molar-refractivity contribution is 0.600. The quantitative estimate of drug-likeness (QED) is 0.727. The molecule has 0 bridgehead atoms. The van der Waals surface area contributed by atoms with Crippen LogP contribution in [0.5, 0.6) is 0 Å². The maximum Gasteiger partial charge on any atom is 0.263 e. The second-order valence-corrected chi connectivity index (χ2v) is 7.52. The molecule has 1 fully saturated rings. The third-order valence-electron chi connectivity index (χ3n) is 3.21. The molecule has 0 atom stereocenters. The molecule has 112 valence electrons. The molecule has 0 saturated heterocycles. The first-order valence-electron chi connectivity index (χ1n) is 6.58. The molecule has 1 saturated carbocycles. The van der Waals surface area contributed by atoms with Gasteiger partial charge in [-0.25, -0.2) is 8.42 Å². The fourth-order valence-corrected chi connectivity index (χ4v) is 4.10. The Morgan fingerprint density at radius 1 is 1.38 bits per heavy atom. The summed E-state index contributed by atoms with van der Waals surface area (Å²) in [5.74, 6) is 0. The van der Waals surface area contributed by atoms with Crippen LogP contribution in [0.3, 0.4) is 0 Å². The Hall–Kier alpha value is -1.38. The number of rotatable bonds is 6. The topological polar surface area (TPSA) is 86.9 Å². The minimum atomic E-state index is -3.63. The van der Waals surface area contributed by atoms with E-state index in [0.29, 0.717) is 16.2 Å². The molecule has 3 rings (SSSR count).